The monoisotopic (exact) mass is 296 g/mol. The van der Waals surface area contributed by atoms with E-state index in [-0.39, 0.29) is 12.5 Å². The van der Waals surface area contributed by atoms with Crippen LogP contribution in [0.1, 0.15) is 58.8 Å². The molecule has 1 unspecified atom stereocenters. The van der Waals surface area contributed by atoms with Gasteiger partial charge in [-0.3, -0.25) is 4.79 Å². The van der Waals surface area contributed by atoms with Crippen molar-refractivity contribution in [3.05, 3.63) is 0 Å². The average Bonchev–Trinajstić information content (AvgIpc) is 2.41. The van der Waals surface area contributed by atoms with Gasteiger partial charge in [0.25, 0.3) is 0 Å². The van der Waals surface area contributed by atoms with Gasteiger partial charge in [0.15, 0.2) is 0 Å². The molecule has 5 nitrogen and oxygen atoms in total. The standard InChI is InChI=1S/C16H28N2O3/c1-12(2)14-16(8-4-3-5-9-16)11-18(14)15(21)17-10-6-7-13(19)20/h12,14H,3-11H2,1-2H3,(H,17,21)(H,19,20). The number of urea groups is 1. The zero-order valence-electron chi connectivity index (χ0n) is 13.2. The minimum atomic E-state index is -0.811. The quantitative estimate of drug-likeness (QED) is 0.766. The van der Waals surface area contributed by atoms with Crippen LogP contribution in [-0.2, 0) is 4.79 Å². The molecular weight excluding hydrogens is 268 g/mol. The highest BCUT2D eigenvalue weighted by molar-refractivity contribution is 5.76. The number of likely N-dealkylation sites (tertiary alicyclic amines) is 1. The summed E-state index contributed by atoms with van der Waals surface area (Å²) in [7, 11) is 0. The lowest BCUT2D eigenvalue weighted by molar-refractivity contribution is -0.137. The molecular formula is C16H28N2O3. The second kappa shape index (κ2) is 6.67. The van der Waals surface area contributed by atoms with E-state index >= 15 is 0 Å². The summed E-state index contributed by atoms with van der Waals surface area (Å²) >= 11 is 0. The van der Waals surface area contributed by atoms with E-state index in [1.54, 1.807) is 0 Å². The highest BCUT2D eigenvalue weighted by Crippen LogP contribution is 2.51. The lowest BCUT2D eigenvalue weighted by Gasteiger charge is -2.61. The van der Waals surface area contributed by atoms with E-state index in [4.69, 9.17) is 5.11 Å². The Bertz CT molecular complexity index is 389. The van der Waals surface area contributed by atoms with Crippen LogP contribution in [0.4, 0.5) is 4.79 Å². The largest absolute Gasteiger partial charge is 0.481 e. The Morgan fingerprint density at radius 2 is 1.95 bits per heavy atom. The zero-order chi connectivity index (χ0) is 15.5. The molecule has 0 aromatic rings. The Morgan fingerprint density at radius 3 is 2.52 bits per heavy atom. The van der Waals surface area contributed by atoms with Crippen molar-refractivity contribution >= 4 is 12.0 Å². The van der Waals surface area contributed by atoms with Crippen molar-refractivity contribution in [3.8, 4) is 0 Å². The molecule has 5 heteroatoms. The van der Waals surface area contributed by atoms with Crippen LogP contribution < -0.4 is 5.32 Å². The number of nitrogens with one attached hydrogen (secondary N) is 1. The van der Waals surface area contributed by atoms with Gasteiger partial charge in [-0.25, -0.2) is 4.79 Å². The fourth-order valence-electron chi connectivity index (χ4n) is 4.26. The predicted octanol–water partition coefficient (Wildman–Crippen LogP) is 2.85. The number of amides is 2. The first-order valence-corrected chi connectivity index (χ1v) is 8.22. The number of rotatable bonds is 5. The molecule has 1 atom stereocenters. The van der Waals surface area contributed by atoms with Gasteiger partial charge in [-0.05, 0) is 25.2 Å². The molecule has 1 saturated heterocycles. The van der Waals surface area contributed by atoms with Crippen molar-refractivity contribution in [2.75, 3.05) is 13.1 Å². The van der Waals surface area contributed by atoms with Crippen molar-refractivity contribution < 1.29 is 14.7 Å². The molecule has 2 fully saturated rings. The number of carbonyl (C=O) groups excluding carboxylic acids is 1. The van der Waals surface area contributed by atoms with Gasteiger partial charge < -0.3 is 15.3 Å². The smallest absolute Gasteiger partial charge is 0.317 e. The summed E-state index contributed by atoms with van der Waals surface area (Å²) < 4.78 is 0. The van der Waals surface area contributed by atoms with Crippen LogP contribution in [0.3, 0.4) is 0 Å². The first-order chi connectivity index (χ1) is 9.96. The lowest BCUT2D eigenvalue weighted by atomic mass is 9.60. The molecule has 2 rings (SSSR count). The van der Waals surface area contributed by atoms with Gasteiger partial charge in [0, 0.05) is 31.0 Å². The summed E-state index contributed by atoms with van der Waals surface area (Å²) in [5.41, 5.74) is 0.352. The maximum Gasteiger partial charge on any atom is 0.317 e. The molecule has 21 heavy (non-hydrogen) atoms. The second-order valence-electron chi connectivity index (χ2n) is 6.97. The molecule has 1 saturated carbocycles. The van der Waals surface area contributed by atoms with E-state index in [1.807, 2.05) is 4.90 Å². The number of carboxylic acids is 1. The van der Waals surface area contributed by atoms with Crippen LogP contribution >= 0.6 is 0 Å². The molecule has 1 spiro atoms. The summed E-state index contributed by atoms with van der Waals surface area (Å²) in [5.74, 6) is -0.337. The van der Waals surface area contributed by atoms with Crippen molar-refractivity contribution in [2.45, 2.75) is 64.8 Å². The molecule has 2 amide bonds. The predicted molar refractivity (Wildman–Crippen MR) is 81.1 cm³/mol. The summed E-state index contributed by atoms with van der Waals surface area (Å²) in [4.78, 5) is 24.7. The second-order valence-corrected chi connectivity index (χ2v) is 6.97. The van der Waals surface area contributed by atoms with E-state index in [0.29, 0.717) is 30.3 Å². The Kier molecular flexibility index (Phi) is 5.12. The van der Waals surface area contributed by atoms with Crippen LogP contribution in [0.15, 0.2) is 0 Å². The number of carbonyl (C=O) groups is 2. The van der Waals surface area contributed by atoms with Gasteiger partial charge >= 0.3 is 12.0 Å². The number of nitrogens with zero attached hydrogens (tertiary/aromatic N) is 1. The molecule has 120 valence electrons. The minimum absolute atomic E-state index is 0.0183. The van der Waals surface area contributed by atoms with Crippen LogP contribution in [0.25, 0.3) is 0 Å². The minimum Gasteiger partial charge on any atom is -0.481 e. The first kappa shape index (κ1) is 16.1. The van der Waals surface area contributed by atoms with Gasteiger partial charge in [0.1, 0.15) is 0 Å². The molecule has 1 heterocycles. The topological polar surface area (TPSA) is 69.6 Å². The maximum absolute atomic E-state index is 12.3. The Morgan fingerprint density at radius 1 is 1.29 bits per heavy atom. The van der Waals surface area contributed by atoms with Crippen LogP contribution in [-0.4, -0.2) is 41.1 Å². The van der Waals surface area contributed by atoms with E-state index in [2.05, 4.69) is 19.2 Å². The maximum atomic E-state index is 12.3. The molecule has 0 bridgehead atoms. The molecule has 1 aliphatic carbocycles. The Labute approximate surface area is 127 Å². The summed E-state index contributed by atoms with van der Waals surface area (Å²) in [6.45, 7) is 5.72. The highest BCUT2D eigenvalue weighted by Gasteiger charge is 2.55. The van der Waals surface area contributed by atoms with E-state index < -0.39 is 5.97 Å². The number of hydrogen-bond donors (Lipinski definition) is 2. The van der Waals surface area contributed by atoms with Crippen molar-refractivity contribution in [3.63, 3.8) is 0 Å². The first-order valence-electron chi connectivity index (χ1n) is 8.22. The molecule has 0 radical (unpaired) electrons. The number of hydrogen-bond acceptors (Lipinski definition) is 2. The zero-order valence-corrected chi connectivity index (χ0v) is 13.2. The van der Waals surface area contributed by atoms with E-state index in [0.717, 1.165) is 6.54 Å². The average molecular weight is 296 g/mol. The van der Waals surface area contributed by atoms with Gasteiger partial charge in [-0.15, -0.1) is 0 Å². The summed E-state index contributed by atoms with van der Waals surface area (Å²) in [5, 5.41) is 11.5. The number of carboxylic acid groups (broad SMARTS) is 1. The molecule has 0 aromatic carbocycles. The molecule has 2 N–H and O–H groups in total. The third-order valence-corrected chi connectivity index (χ3v) is 5.03. The van der Waals surface area contributed by atoms with E-state index in [9.17, 15) is 9.59 Å². The van der Waals surface area contributed by atoms with Gasteiger partial charge in [0.2, 0.25) is 0 Å². The SMILES string of the molecule is CC(C)C1N(C(=O)NCCCC(=O)O)CC12CCCCC2. The van der Waals surface area contributed by atoms with Crippen LogP contribution in [0, 0.1) is 11.3 Å². The summed E-state index contributed by atoms with van der Waals surface area (Å²) in [6, 6.07) is 0.326. The fraction of sp³-hybridized carbons (Fsp3) is 0.875. The highest BCUT2D eigenvalue weighted by atomic mass is 16.4. The van der Waals surface area contributed by atoms with Gasteiger partial charge in [-0.1, -0.05) is 33.1 Å². The Hall–Kier alpha value is -1.26. The molecule has 0 aromatic heterocycles. The third-order valence-electron chi connectivity index (χ3n) is 5.03. The molecule has 1 aliphatic heterocycles. The fourth-order valence-corrected chi connectivity index (χ4v) is 4.26. The number of aliphatic carboxylic acids is 1. The normalized spacial score (nSPS) is 24.0. The lowest BCUT2D eigenvalue weighted by Crippen LogP contribution is -2.70. The molecule has 2 aliphatic rings. The van der Waals surface area contributed by atoms with Gasteiger partial charge in [0.05, 0.1) is 0 Å². The van der Waals surface area contributed by atoms with Crippen LogP contribution in [0.5, 0.6) is 0 Å². The van der Waals surface area contributed by atoms with Crippen molar-refractivity contribution in [1.29, 1.82) is 0 Å². The van der Waals surface area contributed by atoms with E-state index in [1.165, 1.54) is 32.1 Å². The third kappa shape index (κ3) is 3.50. The van der Waals surface area contributed by atoms with Crippen molar-refractivity contribution in [1.82, 2.24) is 10.2 Å². The summed E-state index contributed by atoms with van der Waals surface area (Å²) in [6.07, 6.45) is 7.00. The van der Waals surface area contributed by atoms with Crippen molar-refractivity contribution in [2.24, 2.45) is 11.3 Å². The van der Waals surface area contributed by atoms with Crippen LogP contribution in [0.2, 0.25) is 0 Å². The van der Waals surface area contributed by atoms with Gasteiger partial charge in [-0.2, -0.15) is 0 Å². The Balaban J connectivity index is 1.85.